The van der Waals surface area contributed by atoms with Gasteiger partial charge in [-0.1, -0.05) is 61.0 Å². The van der Waals surface area contributed by atoms with Gasteiger partial charge in [0.25, 0.3) is 0 Å². The van der Waals surface area contributed by atoms with Gasteiger partial charge < -0.3 is 4.74 Å². The number of ketones is 1. The number of carbonyl (C=O) groups is 2. The van der Waals surface area contributed by atoms with Crippen LogP contribution >= 0.6 is 0 Å². The summed E-state index contributed by atoms with van der Waals surface area (Å²) in [5.41, 5.74) is 5.38. The lowest BCUT2D eigenvalue weighted by Crippen LogP contribution is -2.25. The summed E-state index contributed by atoms with van der Waals surface area (Å²) in [4.78, 5) is 24.4. The van der Waals surface area contributed by atoms with Crippen LogP contribution in [0.25, 0.3) is 11.1 Å². The van der Waals surface area contributed by atoms with Crippen molar-refractivity contribution in [2.75, 3.05) is 0 Å². The molecule has 0 saturated heterocycles. The largest absolute Gasteiger partial charge is 0.426 e. The number of hydrogen-bond donors (Lipinski definition) is 0. The molecule has 2 aromatic carbocycles. The molecule has 36 heavy (non-hydrogen) atoms. The summed E-state index contributed by atoms with van der Waals surface area (Å²) in [7, 11) is 0. The summed E-state index contributed by atoms with van der Waals surface area (Å²) in [6.07, 6.45) is 12.7. The van der Waals surface area contributed by atoms with Crippen molar-refractivity contribution in [2.45, 2.75) is 59.3 Å². The Kier molecular flexibility index (Phi) is 6.83. The smallest absolute Gasteiger partial charge is 0.316 e. The molecule has 3 unspecified atom stereocenters. The van der Waals surface area contributed by atoms with Crippen LogP contribution in [-0.2, 0) is 9.59 Å². The Morgan fingerprint density at radius 2 is 1.67 bits per heavy atom. The molecule has 186 valence electrons. The van der Waals surface area contributed by atoms with Crippen LogP contribution in [-0.4, -0.2) is 11.8 Å². The number of fused-ring (bicyclic) bond motifs is 2. The second kappa shape index (κ2) is 10.0. The molecule has 0 heterocycles. The standard InChI is InChI=1S/C33H36O3/c1-33(2,3)32(35)36-29-17-13-25(14-18-29)31(24-11-15-28(34)16-12-24)30(23-7-5-4-6-8-23)21-27-20-22-9-10-26(27)19-22/h4-8,11-15,17-18,22,26-27H,9-10,16,19-21H2,1-3H3/b31-30-. The van der Waals surface area contributed by atoms with Gasteiger partial charge in [0.2, 0.25) is 0 Å². The van der Waals surface area contributed by atoms with Crippen LogP contribution in [0.1, 0.15) is 70.4 Å². The Balaban J connectivity index is 1.58. The molecule has 0 radical (unpaired) electrons. The van der Waals surface area contributed by atoms with Crippen LogP contribution in [0, 0.1) is 23.2 Å². The van der Waals surface area contributed by atoms with Gasteiger partial charge in [0, 0.05) is 6.42 Å². The lowest BCUT2D eigenvalue weighted by molar-refractivity contribution is -0.143. The van der Waals surface area contributed by atoms with E-state index in [1.807, 2.05) is 39.0 Å². The maximum Gasteiger partial charge on any atom is 0.316 e. The highest BCUT2D eigenvalue weighted by molar-refractivity contribution is 6.03. The molecule has 2 aromatic rings. The van der Waals surface area contributed by atoms with Crippen molar-refractivity contribution in [3.63, 3.8) is 0 Å². The molecule has 2 bridgehead atoms. The summed E-state index contributed by atoms with van der Waals surface area (Å²) >= 11 is 0. The highest BCUT2D eigenvalue weighted by Gasteiger charge is 2.40. The molecular formula is C33H36O3. The minimum atomic E-state index is -0.560. The molecule has 0 amide bonds. The monoisotopic (exact) mass is 480 g/mol. The van der Waals surface area contributed by atoms with Gasteiger partial charge in [0.05, 0.1) is 5.41 Å². The van der Waals surface area contributed by atoms with E-state index in [1.54, 1.807) is 6.08 Å². The number of hydrogen-bond acceptors (Lipinski definition) is 3. The van der Waals surface area contributed by atoms with Gasteiger partial charge in [-0.2, -0.15) is 0 Å². The van der Waals surface area contributed by atoms with Crippen molar-refractivity contribution >= 4 is 22.9 Å². The zero-order valence-electron chi connectivity index (χ0n) is 21.6. The molecule has 3 aliphatic carbocycles. The van der Waals surface area contributed by atoms with Crippen LogP contribution in [0.2, 0.25) is 0 Å². The minimum absolute atomic E-state index is 0.136. The number of ether oxygens (including phenoxy) is 1. The summed E-state index contributed by atoms with van der Waals surface area (Å²) < 4.78 is 5.63. The van der Waals surface area contributed by atoms with Gasteiger partial charge >= 0.3 is 5.97 Å². The Hall–Kier alpha value is -3.20. The SMILES string of the molecule is CC(C)(C)C(=O)Oc1ccc(/C(C2=CCC(=O)C=C2)=C(/CC2CC3CCC2C3)c2ccccc2)cc1. The number of benzene rings is 2. The molecule has 0 spiro atoms. The molecule has 0 aromatic heterocycles. The lowest BCUT2D eigenvalue weighted by Gasteiger charge is -2.26. The molecule has 3 atom stereocenters. The molecular weight excluding hydrogens is 444 g/mol. The van der Waals surface area contributed by atoms with E-state index in [4.69, 9.17) is 4.74 Å². The highest BCUT2D eigenvalue weighted by Crippen LogP contribution is 2.52. The Morgan fingerprint density at radius 3 is 2.25 bits per heavy atom. The molecule has 2 saturated carbocycles. The van der Waals surface area contributed by atoms with Gasteiger partial charge in [-0.25, -0.2) is 0 Å². The van der Waals surface area contributed by atoms with Crippen LogP contribution in [0.5, 0.6) is 5.75 Å². The Labute approximate surface area is 215 Å². The number of carbonyl (C=O) groups excluding carboxylic acids is 2. The zero-order valence-corrected chi connectivity index (χ0v) is 21.6. The highest BCUT2D eigenvalue weighted by atomic mass is 16.5. The van der Waals surface area contributed by atoms with E-state index in [9.17, 15) is 9.59 Å². The van der Waals surface area contributed by atoms with Crippen molar-refractivity contribution < 1.29 is 14.3 Å². The quantitative estimate of drug-likeness (QED) is 0.240. The first kappa shape index (κ1) is 24.5. The van der Waals surface area contributed by atoms with Crippen molar-refractivity contribution in [1.29, 1.82) is 0 Å². The molecule has 3 heteroatoms. The van der Waals surface area contributed by atoms with E-state index in [1.165, 1.54) is 42.4 Å². The first-order chi connectivity index (χ1) is 17.3. The van der Waals surface area contributed by atoms with Crippen molar-refractivity contribution in [1.82, 2.24) is 0 Å². The summed E-state index contributed by atoms with van der Waals surface area (Å²) in [6, 6.07) is 18.6. The summed E-state index contributed by atoms with van der Waals surface area (Å²) in [6.45, 7) is 5.57. The normalized spacial score (nSPS) is 23.9. The Morgan fingerprint density at radius 1 is 0.917 bits per heavy atom. The fraction of sp³-hybridized carbons (Fsp3) is 0.394. The third-order valence-corrected chi connectivity index (χ3v) is 8.00. The molecule has 3 nitrogen and oxygen atoms in total. The van der Waals surface area contributed by atoms with Gasteiger partial charge in [-0.05, 0) is 110 Å². The molecule has 5 rings (SSSR count). The number of rotatable bonds is 6. The molecule has 0 N–H and O–H groups in total. The van der Waals surface area contributed by atoms with E-state index in [2.05, 4.69) is 48.5 Å². The van der Waals surface area contributed by atoms with Crippen molar-refractivity contribution in [3.05, 3.63) is 89.5 Å². The van der Waals surface area contributed by atoms with Crippen LogP contribution in [0.15, 0.2) is 78.4 Å². The zero-order chi connectivity index (χ0) is 25.3. The van der Waals surface area contributed by atoms with E-state index in [0.29, 0.717) is 18.1 Å². The first-order valence-corrected chi connectivity index (χ1v) is 13.3. The maximum absolute atomic E-state index is 12.4. The second-order valence-corrected chi connectivity index (χ2v) is 11.7. The van der Waals surface area contributed by atoms with Gasteiger partial charge in [-0.3, -0.25) is 9.59 Å². The summed E-state index contributed by atoms with van der Waals surface area (Å²) in [5, 5.41) is 0. The van der Waals surface area contributed by atoms with Crippen molar-refractivity contribution in [2.24, 2.45) is 23.2 Å². The van der Waals surface area contributed by atoms with Gasteiger partial charge in [0.1, 0.15) is 5.75 Å². The van der Waals surface area contributed by atoms with Crippen LogP contribution in [0.4, 0.5) is 0 Å². The molecule has 0 aliphatic heterocycles. The lowest BCUT2D eigenvalue weighted by atomic mass is 9.78. The third-order valence-electron chi connectivity index (χ3n) is 8.00. The van der Waals surface area contributed by atoms with E-state index in [-0.39, 0.29) is 11.8 Å². The fourth-order valence-corrected chi connectivity index (χ4v) is 6.07. The number of allylic oxidation sites excluding steroid dienone is 6. The molecule has 2 fully saturated rings. The van der Waals surface area contributed by atoms with Gasteiger partial charge in [-0.15, -0.1) is 0 Å². The number of esters is 1. The third kappa shape index (κ3) is 5.31. The Bertz CT molecular complexity index is 1220. The summed E-state index contributed by atoms with van der Waals surface area (Å²) in [5.74, 6) is 2.86. The van der Waals surface area contributed by atoms with E-state index < -0.39 is 5.41 Å². The predicted molar refractivity (Wildman–Crippen MR) is 145 cm³/mol. The predicted octanol–water partition coefficient (Wildman–Crippen LogP) is 7.83. The fourth-order valence-electron chi connectivity index (χ4n) is 6.07. The average Bonchev–Trinajstić information content (AvgIpc) is 3.49. The van der Waals surface area contributed by atoms with Crippen molar-refractivity contribution in [3.8, 4) is 5.75 Å². The topological polar surface area (TPSA) is 43.4 Å². The van der Waals surface area contributed by atoms with E-state index in [0.717, 1.165) is 29.4 Å². The van der Waals surface area contributed by atoms with Crippen LogP contribution < -0.4 is 4.74 Å². The van der Waals surface area contributed by atoms with E-state index >= 15 is 0 Å². The minimum Gasteiger partial charge on any atom is -0.426 e. The maximum atomic E-state index is 12.4. The average molecular weight is 481 g/mol. The van der Waals surface area contributed by atoms with Gasteiger partial charge in [0.15, 0.2) is 5.78 Å². The first-order valence-electron chi connectivity index (χ1n) is 13.3. The molecule has 3 aliphatic rings. The second-order valence-electron chi connectivity index (χ2n) is 11.7. The van der Waals surface area contributed by atoms with Crippen LogP contribution in [0.3, 0.4) is 0 Å².